The second-order valence-corrected chi connectivity index (χ2v) is 5.53. The second kappa shape index (κ2) is 4.90. The fourth-order valence-corrected chi connectivity index (χ4v) is 2.73. The topological polar surface area (TPSA) is 84.3 Å². The summed E-state index contributed by atoms with van der Waals surface area (Å²) in [5.74, 6) is 0.577. The fraction of sp³-hybridized carbons (Fsp3) is 0.500. The van der Waals surface area contributed by atoms with E-state index in [2.05, 4.69) is 4.98 Å². The number of thioether (sulfide) groups is 1. The van der Waals surface area contributed by atoms with Crippen molar-refractivity contribution in [3.63, 3.8) is 0 Å². The van der Waals surface area contributed by atoms with E-state index in [1.807, 2.05) is 22.6 Å². The lowest BCUT2D eigenvalue weighted by molar-refractivity contribution is -0.00652. The summed E-state index contributed by atoms with van der Waals surface area (Å²) in [5.41, 5.74) is -1.19. The number of H-pyrrole nitrogens is 1. The van der Waals surface area contributed by atoms with Crippen LogP contribution in [0.2, 0.25) is 0 Å². The predicted molar refractivity (Wildman–Crippen MR) is 67.5 cm³/mol. The fourth-order valence-electron chi connectivity index (χ4n) is 1.36. The molecule has 1 aliphatic heterocycles. The lowest BCUT2D eigenvalue weighted by Crippen LogP contribution is -2.34. The molecule has 0 unspecified atom stereocenters. The second-order valence-electron chi connectivity index (χ2n) is 3.18. The molecule has 1 aromatic heterocycles. The monoisotopic (exact) mass is 356 g/mol. The number of nitrogens with one attached hydrogen (secondary N) is 1. The molecular formula is C8H9IN2O4S. The summed E-state index contributed by atoms with van der Waals surface area (Å²) in [6, 6.07) is 0. The first-order valence-electron chi connectivity index (χ1n) is 4.50. The average molecular weight is 356 g/mol. The van der Waals surface area contributed by atoms with Crippen LogP contribution in [0.3, 0.4) is 0 Å². The van der Waals surface area contributed by atoms with Gasteiger partial charge in [0.2, 0.25) is 0 Å². The molecule has 2 rings (SSSR count). The van der Waals surface area contributed by atoms with Crippen LogP contribution in [-0.2, 0) is 4.74 Å². The molecule has 8 heteroatoms. The Kier molecular flexibility index (Phi) is 3.72. The number of nitrogens with zero attached hydrogens (tertiary/aromatic N) is 1. The molecule has 1 saturated heterocycles. The third-order valence-electron chi connectivity index (χ3n) is 2.12. The highest BCUT2D eigenvalue weighted by Crippen LogP contribution is 2.30. The number of rotatable bonds is 2. The van der Waals surface area contributed by atoms with Crippen LogP contribution >= 0.6 is 34.4 Å². The maximum absolute atomic E-state index is 11.5. The Labute approximate surface area is 108 Å². The average Bonchev–Trinajstić information content (AvgIpc) is 2.71. The minimum Gasteiger partial charge on any atom is -0.393 e. The Morgan fingerprint density at radius 1 is 1.69 bits per heavy atom. The first-order chi connectivity index (χ1) is 7.61. The molecule has 0 aromatic carbocycles. The highest BCUT2D eigenvalue weighted by Gasteiger charge is 2.27. The van der Waals surface area contributed by atoms with Crippen LogP contribution in [0.15, 0.2) is 15.8 Å². The molecule has 2 atom stereocenters. The first kappa shape index (κ1) is 12.1. The van der Waals surface area contributed by atoms with Crippen LogP contribution in [0, 0.1) is 3.57 Å². The zero-order valence-corrected chi connectivity index (χ0v) is 11.0. The number of aromatic nitrogens is 2. The molecule has 0 aliphatic carbocycles. The van der Waals surface area contributed by atoms with Gasteiger partial charge < -0.3 is 9.84 Å². The van der Waals surface area contributed by atoms with Gasteiger partial charge in [-0.05, 0) is 22.6 Å². The molecule has 1 aromatic rings. The predicted octanol–water partition coefficient (Wildman–Crippen LogP) is -0.278. The summed E-state index contributed by atoms with van der Waals surface area (Å²) in [6.45, 7) is -0.0869. The number of hydrogen-bond acceptors (Lipinski definition) is 5. The Hall–Kier alpha value is -0.320. The molecule has 88 valence electrons. The molecular weight excluding hydrogens is 347 g/mol. The van der Waals surface area contributed by atoms with Crippen molar-refractivity contribution in [3.05, 3.63) is 30.6 Å². The van der Waals surface area contributed by atoms with E-state index in [4.69, 9.17) is 9.84 Å². The molecule has 2 heterocycles. The third-order valence-corrected chi connectivity index (χ3v) is 4.00. The molecule has 0 bridgehead atoms. The summed E-state index contributed by atoms with van der Waals surface area (Å²) < 4.78 is 7.19. The Morgan fingerprint density at radius 3 is 3.06 bits per heavy atom. The van der Waals surface area contributed by atoms with E-state index in [-0.39, 0.29) is 12.0 Å². The molecule has 0 saturated carbocycles. The largest absolute Gasteiger partial charge is 0.393 e. The van der Waals surface area contributed by atoms with Crippen LogP contribution in [0.1, 0.15) is 6.23 Å². The number of ether oxygens (including phenoxy) is 1. The van der Waals surface area contributed by atoms with E-state index in [0.717, 1.165) is 0 Å². The van der Waals surface area contributed by atoms with Crippen molar-refractivity contribution in [2.24, 2.45) is 0 Å². The highest BCUT2D eigenvalue weighted by molar-refractivity contribution is 14.1. The first-order valence-corrected chi connectivity index (χ1v) is 6.63. The molecule has 0 amide bonds. The Bertz CT molecular complexity index is 500. The third kappa shape index (κ3) is 2.34. The lowest BCUT2D eigenvalue weighted by atomic mass is 10.5. The molecule has 16 heavy (non-hydrogen) atoms. The van der Waals surface area contributed by atoms with Crippen molar-refractivity contribution < 1.29 is 9.84 Å². The van der Waals surface area contributed by atoms with Crippen LogP contribution in [0.25, 0.3) is 0 Å². The van der Waals surface area contributed by atoms with Crippen molar-refractivity contribution >= 4 is 34.4 Å². The van der Waals surface area contributed by atoms with E-state index in [1.54, 1.807) is 0 Å². The van der Waals surface area contributed by atoms with E-state index in [9.17, 15) is 9.59 Å². The quantitative estimate of drug-likeness (QED) is 0.713. The van der Waals surface area contributed by atoms with E-state index in [1.165, 1.54) is 22.5 Å². The summed E-state index contributed by atoms with van der Waals surface area (Å²) in [5, 5.41) is 8.91. The maximum atomic E-state index is 11.5. The van der Waals surface area contributed by atoms with Gasteiger partial charge in [-0.25, -0.2) is 4.79 Å². The SMILES string of the molecule is O=c1[nH]c(=O)n([C@H]2CS[C@H](CO)O2)cc1I. The van der Waals surface area contributed by atoms with Gasteiger partial charge in [0.15, 0.2) is 0 Å². The number of aliphatic hydroxyl groups excluding tert-OH is 1. The van der Waals surface area contributed by atoms with Crippen LogP contribution < -0.4 is 11.2 Å². The number of aromatic amines is 1. The van der Waals surface area contributed by atoms with Gasteiger partial charge in [-0.2, -0.15) is 0 Å². The summed E-state index contributed by atoms with van der Waals surface area (Å²) >= 11 is 3.29. The minimum atomic E-state index is -0.491. The summed E-state index contributed by atoms with van der Waals surface area (Å²) in [7, 11) is 0. The summed E-state index contributed by atoms with van der Waals surface area (Å²) in [4.78, 5) is 24.9. The van der Waals surface area contributed by atoms with Crippen molar-refractivity contribution in [2.45, 2.75) is 11.7 Å². The number of halogens is 1. The van der Waals surface area contributed by atoms with Gasteiger partial charge in [-0.15, -0.1) is 11.8 Å². The standard InChI is InChI=1S/C8H9IN2O4S/c9-4-1-11(8(14)10-7(4)13)5-3-16-6(2-12)15-5/h1,5-6,12H,2-3H2,(H,10,13,14)/t5-,6-/m1/s1. The van der Waals surface area contributed by atoms with Crippen LogP contribution in [0.4, 0.5) is 0 Å². The molecule has 2 N–H and O–H groups in total. The molecule has 0 spiro atoms. The molecule has 1 fully saturated rings. The molecule has 6 nitrogen and oxygen atoms in total. The molecule has 1 aliphatic rings. The van der Waals surface area contributed by atoms with Gasteiger partial charge in [0.1, 0.15) is 11.7 Å². The highest BCUT2D eigenvalue weighted by atomic mass is 127. The van der Waals surface area contributed by atoms with Gasteiger partial charge in [0.05, 0.1) is 10.2 Å². The van der Waals surface area contributed by atoms with Gasteiger partial charge in [0.25, 0.3) is 5.56 Å². The van der Waals surface area contributed by atoms with Crippen molar-refractivity contribution in [1.82, 2.24) is 9.55 Å². The maximum Gasteiger partial charge on any atom is 0.330 e. The van der Waals surface area contributed by atoms with Gasteiger partial charge in [-0.3, -0.25) is 14.3 Å². The lowest BCUT2D eigenvalue weighted by Gasteiger charge is -2.13. The smallest absolute Gasteiger partial charge is 0.330 e. The zero-order chi connectivity index (χ0) is 11.7. The van der Waals surface area contributed by atoms with E-state index < -0.39 is 17.5 Å². The Morgan fingerprint density at radius 2 is 2.44 bits per heavy atom. The van der Waals surface area contributed by atoms with Crippen LogP contribution in [0.5, 0.6) is 0 Å². The van der Waals surface area contributed by atoms with E-state index in [0.29, 0.717) is 9.32 Å². The van der Waals surface area contributed by atoms with E-state index >= 15 is 0 Å². The summed E-state index contributed by atoms with van der Waals surface area (Å²) in [6.07, 6.45) is 1.03. The van der Waals surface area contributed by atoms with Gasteiger partial charge in [0, 0.05) is 11.9 Å². The van der Waals surface area contributed by atoms with Crippen molar-refractivity contribution in [3.8, 4) is 0 Å². The van der Waals surface area contributed by atoms with Crippen LogP contribution in [-0.4, -0.2) is 32.5 Å². The normalized spacial score (nSPS) is 24.9. The van der Waals surface area contributed by atoms with Gasteiger partial charge in [-0.1, -0.05) is 0 Å². The molecule has 0 radical (unpaired) electrons. The zero-order valence-electron chi connectivity index (χ0n) is 8.05. The minimum absolute atomic E-state index is 0.0869. The Balaban J connectivity index is 2.32. The number of aliphatic hydroxyl groups is 1. The van der Waals surface area contributed by atoms with Crippen molar-refractivity contribution in [1.29, 1.82) is 0 Å². The van der Waals surface area contributed by atoms with Crippen molar-refractivity contribution in [2.75, 3.05) is 12.4 Å². The number of hydrogen-bond donors (Lipinski definition) is 2. The van der Waals surface area contributed by atoms with Gasteiger partial charge >= 0.3 is 5.69 Å².